The Morgan fingerprint density at radius 1 is 1.05 bits per heavy atom. The molecule has 6 nitrogen and oxygen atoms in total. The van der Waals surface area contributed by atoms with Gasteiger partial charge in [0.15, 0.2) is 9.84 Å². The molecule has 20 heavy (non-hydrogen) atoms. The third-order valence-electron chi connectivity index (χ3n) is 2.99. The van der Waals surface area contributed by atoms with Gasteiger partial charge in [0, 0.05) is 24.4 Å². The van der Waals surface area contributed by atoms with Gasteiger partial charge in [0.1, 0.15) is 18.0 Å². The first-order valence-electron chi connectivity index (χ1n) is 7.06. The van der Waals surface area contributed by atoms with Crippen LogP contribution in [0.1, 0.15) is 32.8 Å². The van der Waals surface area contributed by atoms with Gasteiger partial charge < -0.3 is 10.6 Å². The molecule has 1 aromatic rings. The van der Waals surface area contributed by atoms with Gasteiger partial charge in [-0.3, -0.25) is 0 Å². The molecule has 0 spiro atoms. The number of hydrogen-bond donors (Lipinski definition) is 2. The number of hydrogen-bond acceptors (Lipinski definition) is 6. The molecule has 0 unspecified atom stereocenters. The van der Waals surface area contributed by atoms with E-state index >= 15 is 0 Å². The van der Waals surface area contributed by atoms with Crippen LogP contribution < -0.4 is 10.6 Å². The molecular weight excluding hydrogens is 276 g/mol. The summed E-state index contributed by atoms with van der Waals surface area (Å²) >= 11 is 0. The molecule has 1 aromatic heterocycles. The predicted octanol–water partition coefficient (Wildman–Crippen LogP) is 1.71. The van der Waals surface area contributed by atoms with Gasteiger partial charge in [-0.05, 0) is 12.8 Å². The predicted molar refractivity (Wildman–Crippen MR) is 83.0 cm³/mol. The van der Waals surface area contributed by atoms with Crippen molar-refractivity contribution in [2.24, 2.45) is 0 Å². The molecule has 0 fully saturated rings. The highest BCUT2D eigenvalue weighted by atomic mass is 32.2. The maximum Gasteiger partial charge on any atom is 0.151 e. The zero-order valence-electron chi connectivity index (χ0n) is 12.4. The summed E-state index contributed by atoms with van der Waals surface area (Å²) in [7, 11) is -2.96. The van der Waals surface area contributed by atoms with E-state index in [4.69, 9.17) is 0 Å². The standard InChI is InChI=1S/C13H24N4O2S/c1-4-7-14-12-11(5-2)13(17-10-16-12)15-8-9-20(18,19)6-3/h10H,4-9H2,1-3H3,(H2,14,15,16,17). The molecule has 0 saturated carbocycles. The molecule has 0 aromatic carbocycles. The summed E-state index contributed by atoms with van der Waals surface area (Å²) in [5.74, 6) is 1.83. The van der Waals surface area contributed by atoms with Gasteiger partial charge in [0.25, 0.3) is 0 Å². The van der Waals surface area contributed by atoms with Gasteiger partial charge in [0.2, 0.25) is 0 Å². The van der Waals surface area contributed by atoms with Crippen molar-refractivity contribution in [1.29, 1.82) is 0 Å². The Hall–Kier alpha value is -1.37. The van der Waals surface area contributed by atoms with Crippen LogP contribution in [0.3, 0.4) is 0 Å². The average Bonchev–Trinajstić information content (AvgIpc) is 2.45. The largest absolute Gasteiger partial charge is 0.370 e. The van der Waals surface area contributed by atoms with Crippen LogP contribution in [0.2, 0.25) is 0 Å². The molecule has 0 aliphatic heterocycles. The highest BCUT2D eigenvalue weighted by Crippen LogP contribution is 2.20. The monoisotopic (exact) mass is 300 g/mol. The van der Waals surface area contributed by atoms with Crippen molar-refractivity contribution in [3.63, 3.8) is 0 Å². The van der Waals surface area contributed by atoms with Gasteiger partial charge in [-0.25, -0.2) is 18.4 Å². The fraction of sp³-hybridized carbons (Fsp3) is 0.692. The Morgan fingerprint density at radius 2 is 1.65 bits per heavy atom. The molecule has 0 amide bonds. The smallest absolute Gasteiger partial charge is 0.151 e. The minimum atomic E-state index is -2.96. The summed E-state index contributed by atoms with van der Waals surface area (Å²) in [6.07, 6.45) is 3.30. The van der Waals surface area contributed by atoms with Gasteiger partial charge in [-0.15, -0.1) is 0 Å². The van der Waals surface area contributed by atoms with Crippen LogP contribution in [0.5, 0.6) is 0 Å². The van der Waals surface area contributed by atoms with Crippen LogP contribution in [0.15, 0.2) is 6.33 Å². The fourth-order valence-corrected chi connectivity index (χ4v) is 2.47. The zero-order valence-corrected chi connectivity index (χ0v) is 13.3. The summed E-state index contributed by atoms with van der Waals surface area (Å²) in [5.41, 5.74) is 0.995. The van der Waals surface area contributed by atoms with Crippen LogP contribution in [0.25, 0.3) is 0 Å². The highest BCUT2D eigenvalue weighted by Gasteiger charge is 2.11. The first-order chi connectivity index (χ1) is 9.54. The van der Waals surface area contributed by atoms with E-state index in [1.807, 2.05) is 6.92 Å². The maximum absolute atomic E-state index is 11.5. The molecule has 0 atom stereocenters. The third kappa shape index (κ3) is 4.96. The number of rotatable bonds is 9. The lowest BCUT2D eigenvalue weighted by molar-refractivity contribution is 0.597. The minimum Gasteiger partial charge on any atom is -0.370 e. The van der Waals surface area contributed by atoms with E-state index in [-0.39, 0.29) is 11.5 Å². The lowest BCUT2D eigenvalue weighted by atomic mass is 10.2. The molecule has 7 heteroatoms. The van der Waals surface area contributed by atoms with Crippen molar-refractivity contribution in [1.82, 2.24) is 9.97 Å². The van der Waals surface area contributed by atoms with E-state index in [1.54, 1.807) is 6.92 Å². The number of anilines is 2. The molecule has 1 heterocycles. The van der Waals surface area contributed by atoms with Crippen molar-refractivity contribution in [3.05, 3.63) is 11.9 Å². The van der Waals surface area contributed by atoms with E-state index < -0.39 is 9.84 Å². The first-order valence-corrected chi connectivity index (χ1v) is 8.88. The quantitative estimate of drug-likeness (QED) is 0.722. The Kier molecular flexibility index (Phi) is 6.70. The van der Waals surface area contributed by atoms with Crippen molar-refractivity contribution in [2.45, 2.75) is 33.6 Å². The molecule has 1 rings (SSSR count). The first kappa shape index (κ1) is 16.7. The summed E-state index contributed by atoms with van der Waals surface area (Å²) in [6.45, 7) is 7.00. The number of aromatic nitrogens is 2. The molecule has 0 bridgehead atoms. The average molecular weight is 300 g/mol. The Balaban J connectivity index is 2.74. The van der Waals surface area contributed by atoms with Gasteiger partial charge >= 0.3 is 0 Å². The van der Waals surface area contributed by atoms with Crippen molar-refractivity contribution < 1.29 is 8.42 Å². The van der Waals surface area contributed by atoms with Crippen molar-refractivity contribution in [3.8, 4) is 0 Å². The zero-order chi connectivity index (χ0) is 15.0. The van der Waals surface area contributed by atoms with Crippen LogP contribution in [-0.2, 0) is 16.3 Å². The molecule has 114 valence electrons. The van der Waals surface area contributed by atoms with E-state index in [1.165, 1.54) is 6.33 Å². The lowest BCUT2D eigenvalue weighted by Crippen LogP contribution is -2.19. The number of nitrogens with one attached hydrogen (secondary N) is 2. The van der Waals surface area contributed by atoms with Crippen LogP contribution >= 0.6 is 0 Å². The van der Waals surface area contributed by atoms with Gasteiger partial charge in [-0.2, -0.15) is 0 Å². The second-order valence-electron chi connectivity index (χ2n) is 4.49. The third-order valence-corrected chi connectivity index (χ3v) is 4.69. The molecule has 0 radical (unpaired) electrons. The summed E-state index contributed by atoms with van der Waals surface area (Å²) < 4.78 is 22.9. The molecule has 0 aliphatic rings. The lowest BCUT2D eigenvalue weighted by Gasteiger charge is -2.14. The second kappa shape index (κ2) is 8.04. The normalized spacial score (nSPS) is 11.3. The van der Waals surface area contributed by atoms with Crippen molar-refractivity contribution in [2.75, 3.05) is 35.2 Å². The molecular formula is C13H24N4O2S. The number of nitrogens with zero attached hydrogens (tertiary/aromatic N) is 2. The molecule has 0 aliphatic carbocycles. The summed E-state index contributed by atoms with van der Waals surface area (Å²) in [4.78, 5) is 8.45. The summed E-state index contributed by atoms with van der Waals surface area (Å²) in [6, 6.07) is 0. The fourth-order valence-electron chi connectivity index (χ4n) is 1.76. The minimum absolute atomic E-state index is 0.119. The van der Waals surface area contributed by atoms with Crippen molar-refractivity contribution >= 4 is 21.5 Å². The molecule has 0 saturated heterocycles. The van der Waals surface area contributed by atoms with Gasteiger partial charge in [-0.1, -0.05) is 20.8 Å². The van der Waals surface area contributed by atoms with E-state index in [9.17, 15) is 8.42 Å². The van der Waals surface area contributed by atoms with E-state index in [0.717, 1.165) is 30.8 Å². The Morgan fingerprint density at radius 3 is 2.15 bits per heavy atom. The number of sulfone groups is 1. The van der Waals surface area contributed by atoms with Crippen LogP contribution in [-0.4, -0.2) is 43.0 Å². The van der Waals surface area contributed by atoms with Gasteiger partial charge in [0.05, 0.1) is 5.75 Å². The van der Waals surface area contributed by atoms with Crippen LogP contribution in [0.4, 0.5) is 11.6 Å². The second-order valence-corrected chi connectivity index (χ2v) is 6.97. The summed E-state index contributed by atoms with van der Waals surface area (Å²) in [5, 5.41) is 6.36. The highest BCUT2D eigenvalue weighted by molar-refractivity contribution is 7.91. The van der Waals surface area contributed by atoms with E-state index in [0.29, 0.717) is 12.4 Å². The maximum atomic E-state index is 11.5. The van der Waals surface area contributed by atoms with E-state index in [2.05, 4.69) is 27.5 Å². The van der Waals surface area contributed by atoms with Crippen LogP contribution in [0, 0.1) is 0 Å². The Bertz CT molecular complexity index is 517. The Labute approximate surface area is 121 Å². The topological polar surface area (TPSA) is 84.0 Å². The SMILES string of the molecule is CCCNc1ncnc(NCCS(=O)(=O)CC)c1CC. The molecule has 2 N–H and O–H groups in total.